The Balaban J connectivity index is 1.10. The molecule has 42 heavy (non-hydrogen) atoms. The lowest BCUT2D eigenvalue weighted by atomic mass is 9.91. The van der Waals surface area contributed by atoms with Crippen LogP contribution in [-0.2, 0) is 11.2 Å². The Labute approximate surface area is 247 Å². The number of carbonyl (C=O) groups excluding carboxylic acids is 2. The summed E-state index contributed by atoms with van der Waals surface area (Å²) in [5, 5.41) is 18.1. The SMILES string of the molecule is N[C@H](Cc1ccncc1)C(=O)NC1CCC(Nc2cc(NC3CC3)c3ncc(C(=O)Nc4ccnc(Cl)c4)n3n2)CC1. The van der Waals surface area contributed by atoms with Gasteiger partial charge in [-0.25, -0.2) is 14.5 Å². The highest BCUT2D eigenvalue weighted by Crippen LogP contribution is 2.30. The molecule has 0 unspecified atom stereocenters. The second-order valence-corrected chi connectivity index (χ2v) is 11.3. The van der Waals surface area contributed by atoms with Crippen molar-refractivity contribution in [3.05, 3.63) is 71.5 Å². The zero-order chi connectivity index (χ0) is 29.1. The van der Waals surface area contributed by atoms with E-state index >= 15 is 0 Å². The van der Waals surface area contributed by atoms with Crippen LogP contribution in [-0.4, -0.2) is 60.5 Å². The number of rotatable bonds is 10. The molecular formula is C29H33ClN10O2. The molecule has 2 aliphatic carbocycles. The van der Waals surface area contributed by atoms with Gasteiger partial charge in [-0.2, -0.15) is 0 Å². The van der Waals surface area contributed by atoms with Crippen molar-refractivity contribution >= 4 is 46.3 Å². The van der Waals surface area contributed by atoms with E-state index in [-0.39, 0.29) is 29.1 Å². The highest BCUT2D eigenvalue weighted by Gasteiger charge is 2.27. The number of imidazole rings is 1. The van der Waals surface area contributed by atoms with Crippen LogP contribution < -0.4 is 27.0 Å². The molecule has 6 rings (SSSR count). The largest absolute Gasteiger partial charge is 0.379 e. The van der Waals surface area contributed by atoms with Crippen molar-refractivity contribution in [3.63, 3.8) is 0 Å². The molecule has 218 valence electrons. The summed E-state index contributed by atoms with van der Waals surface area (Å²) < 4.78 is 1.57. The van der Waals surface area contributed by atoms with Crippen LogP contribution in [0.5, 0.6) is 0 Å². The Morgan fingerprint density at radius 3 is 2.40 bits per heavy atom. The number of hydrogen-bond donors (Lipinski definition) is 5. The van der Waals surface area contributed by atoms with Gasteiger partial charge in [-0.3, -0.25) is 14.6 Å². The lowest BCUT2D eigenvalue weighted by Crippen LogP contribution is -2.48. The summed E-state index contributed by atoms with van der Waals surface area (Å²) in [7, 11) is 0. The fourth-order valence-corrected chi connectivity index (χ4v) is 5.36. The first kappa shape index (κ1) is 27.9. The lowest BCUT2D eigenvalue weighted by Gasteiger charge is -2.30. The molecule has 0 radical (unpaired) electrons. The molecule has 2 fully saturated rings. The summed E-state index contributed by atoms with van der Waals surface area (Å²) in [6, 6.07) is 8.98. The first-order valence-electron chi connectivity index (χ1n) is 14.2. The van der Waals surface area contributed by atoms with Gasteiger partial charge in [-0.1, -0.05) is 11.6 Å². The van der Waals surface area contributed by atoms with E-state index in [4.69, 9.17) is 22.4 Å². The Morgan fingerprint density at radius 1 is 0.952 bits per heavy atom. The molecule has 0 aromatic carbocycles. The number of nitrogens with one attached hydrogen (secondary N) is 4. The molecule has 4 aromatic rings. The minimum atomic E-state index is -0.603. The van der Waals surface area contributed by atoms with Gasteiger partial charge < -0.3 is 27.0 Å². The average Bonchev–Trinajstić information content (AvgIpc) is 3.69. The molecule has 1 atom stereocenters. The van der Waals surface area contributed by atoms with Crippen LogP contribution >= 0.6 is 11.6 Å². The maximum Gasteiger partial charge on any atom is 0.276 e. The van der Waals surface area contributed by atoms with Gasteiger partial charge in [0, 0.05) is 48.5 Å². The number of nitrogens with zero attached hydrogens (tertiary/aromatic N) is 5. The quantitative estimate of drug-likeness (QED) is 0.175. The van der Waals surface area contributed by atoms with Gasteiger partial charge in [-0.15, -0.1) is 5.10 Å². The summed E-state index contributed by atoms with van der Waals surface area (Å²) in [4.78, 5) is 38.3. The second kappa shape index (κ2) is 12.3. The number of aromatic nitrogens is 5. The molecule has 2 amide bonds. The molecule has 0 saturated heterocycles. The van der Waals surface area contributed by atoms with Crippen molar-refractivity contribution in [2.24, 2.45) is 5.73 Å². The summed E-state index contributed by atoms with van der Waals surface area (Å²) >= 11 is 5.98. The van der Waals surface area contributed by atoms with Crippen LogP contribution in [0.25, 0.3) is 5.65 Å². The third-order valence-electron chi connectivity index (χ3n) is 7.59. The zero-order valence-electron chi connectivity index (χ0n) is 23.0. The van der Waals surface area contributed by atoms with Crippen LogP contribution in [0, 0.1) is 0 Å². The molecule has 4 aromatic heterocycles. The van der Waals surface area contributed by atoms with E-state index in [1.165, 1.54) is 12.4 Å². The van der Waals surface area contributed by atoms with Gasteiger partial charge >= 0.3 is 0 Å². The van der Waals surface area contributed by atoms with Gasteiger partial charge in [0.1, 0.15) is 11.0 Å². The topological polar surface area (TPSA) is 164 Å². The monoisotopic (exact) mass is 588 g/mol. The molecule has 2 aliphatic rings. The van der Waals surface area contributed by atoms with Crippen LogP contribution in [0.1, 0.15) is 54.6 Å². The van der Waals surface area contributed by atoms with Crippen LogP contribution in [0.4, 0.5) is 17.2 Å². The summed E-state index contributed by atoms with van der Waals surface area (Å²) in [5.41, 5.74) is 9.39. The highest BCUT2D eigenvalue weighted by molar-refractivity contribution is 6.29. The molecule has 0 aliphatic heterocycles. The predicted octanol–water partition coefficient (Wildman–Crippen LogP) is 3.41. The van der Waals surface area contributed by atoms with Gasteiger partial charge in [0.05, 0.1) is 17.9 Å². The summed E-state index contributed by atoms with van der Waals surface area (Å²) in [5.74, 6) is 0.160. The van der Waals surface area contributed by atoms with E-state index in [0.717, 1.165) is 49.8 Å². The third kappa shape index (κ3) is 6.77. The number of hydrogen-bond acceptors (Lipinski definition) is 9. The number of anilines is 3. The Morgan fingerprint density at radius 2 is 1.67 bits per heavy atom. The number of fused-ring (bicyclic) bond motifs is 1. The van der Waals surface area contributed by atoms with Crippen molar-refractivity contribution in [1.82, 2.24) is 29.9 Å². The van der Waals surface area contributed by atoms with Gasteiger partial charge in [0.15, 0.2) is 11.3 Å². The highest BCUT2D eigenvalue weighted by atomic mass is 35.5. The minimum Gasteiger partial charge on any atom is -0.379 e. The molecule has 12 nitrogen and oxygen atoms in total. The number of amides is 2. The zero-order valence-corrected chi connectivity index (χ0v) is 23.7. The Kier molecular flexibility index (Phi) is 8.15. The van der Waals surface area contributed by atoms with Gasteiger partial charge in [0.25, 0.3) is 5.91 Å². The van der Waals surface area contributed by atoms with E-state index < -0.39 is 6.04 Å². The molecule has 0 bridgehead atoms. The molecule has 2 saturated carbocycles. The van der Waals surface area contributed by atoms with Crippen molar-refractivity contribution in [2.45, 2.75) is 69.1 Å². The first-order valence-corrected chi connectivity index (χ1v) is 14.6. The Hall–Kier alpha value is -4.29. The smallest absolute Gasteiger partial charge is 0.276 e. The summed E-state index contributed by atoms with van der Waals surface area (Å²) in [6.45, 7) is 0. The first-order chi connectivity index (χ1) is 20.4. The van der Waals surface area contributed by atoms with E-state index in [1.54, 1.807) is 29.0 Å². The van der Waals surface area contributed by atoms with Crippen molar-refractivity contribution in [2.75, 3.05) is 16.0 Å². The van der Waals surface area contributed by atoms with E-state index in [1.807, 2.05) is 18.2 Å². The number of halogens is 1. The average molecular weight is 589 g/mol. The standard InChI is InChI=1S/C29H33ClN10O2/c30-25-14-21(9-12-33-25)38-29(42)24-16-34-27-23(35-18-1-2-18)15-26(39-40(24)27)36-19-3-5-20(6-4-19)37-28(41)22(31)13-17-7-10-32-11-8-17/h7-12,14-16,18-20,22,35H,1-6,13,31H2,(H,36,39)(H,37,41)(H,33,38,42)/t19?,20?,22-/m1/s1. The lowest BCUT2D eigenvalue weighted by molar-refractivity contribution is -0.123. The molecule has 6 N–H and O–H groups in total. The number of nitrogens with two attached hydrogens (primary N) is 1. The fraction of sp³-hybridized carbons (Fsp3) is 0.379. The normalized spacial score (nSPS) is 19.2. The summed E-state index contributed by atoms with van der Waals surface area (Å²) in [6.07, 6.45) is 12.5. The van der Waals surface area contributed by atoms with Crippen LogP contribution in [0.15, 0.2) is 55.1 Å². The van der Waals surface area contributed by atoms with E-state index in [2.05, 4.69) is 36.2 Å². The maximum atomic E-state index is 13.2. The Bertz CT molecular complexity index is 1570. The second-order valence-electron chi connectivity index (χ2n) is 10.9. The molecule has 13 heteroatoms. The van der Waals surface area contributed by atoms with E-state index in [9.17, 15) is 9.59 Å². The third-order valence-corrected chi connectivity index (χ3v) is 7.80. The predicted molar refractivity (Wildman–Crippen MR) is 161 cm³/mol. The van der Waals surface area contributed by atoms with Crippen LogP contribution in [0.2, 0.25) is 5.15 Å². The molecule has 0 spiro atoms. The van der Waals surface area contributed by atoms with Crippen molar-refractivity contribution < 1.29 is 9.59 Å². The fourth-order valence-electron chi connectivity index (χ4n) is 5.19. The molecule has 4 heterocycles. The minimum absolute atomic E-state index is 0.0761. The number of pyridine rings is 2. The van der Waals surface area contributed by atoms with E-state index in [0.29, 0.717) is 35.3 Å². The van der Waals surface area contributed by atoms with Gasteiger partial charge in [-0.05, 0) is 74.8 Å². The van der Waals surface area contributed by atoms with Crippen molar-refractivity contribution in [1.29, 1.82) is 0 Å². The van der Waals surface area contributed by atoms with Gasteiger partial charge in [0.2, 0.25) is 5.91 Å². The van der Waals surface area contributed by atoms with Crippen LogP contribution in [0.3, 0.4) is 0 Å². The molecular weight excluding hydrogens is 556 g/mol. The maximum absolute atomic E-state index is 13.2. The van der Waals surface area contributed by atoms with Crippen molar-refractivity contribution in [3.8, 4) is 0 Å². The number of carbonyl (C=O) groups is 2.